The minimum Gasteiger partial charge on any atom is -0.271 e. The van der Waals surface area contributed by atoms with Crippen LogP contribution < -0.4 is 11.3 Å². The Morgan fingerprint density at radius 3 is 2.32 bits per heavy atom. The van der Waals surface area contributed by atoms with E-state index in [1.165, 1.54) is 64.2 Å². The van der Waals surface area contributed by atoms with Gasteiger partial charge in [0.25, 0.3) is 0 Å². The van der Waals surface area contributed by atoms with E-state index in [9.17, 15) is 0 Å². The molecule has 114 valence electrons. The molecule has 3 N–H and O–H groups in total. The van der Waals surface area contributed by atoms with Crippen molar-refractivity contribution in [1.82, 2.24) is 5.43 Å². The zero-order chi connectivity index (χ0) is 14.1. The van der Waals surface area contributed by atoms with Gasteiger partial charge in [0.05, 0.1) is 0 Å². The maximum absolute atomic E-state index is 5.80. The first-order valence-corrected chi connectivity index (χ1v) is 8.65. The van der Waals surface area contributed by atoms with Gasteiger partial charge in [-0.05, 0) is 37.0 Å². The molecule has 19 heavy (non-hydrogen) atoms. The van der Waals surface area contributed by atoms with Gasteiger partial charge in [-0.3, -0.25) is 11.3 Å². The second kappa shape index (κ2) is 9.77. The van der Waals surface area contributed by atoms with Crippen LogP contribution in [0.2, 0.25) is 0 Å². The first-order chi connectivity index (χ1) is 9.19. The second-order valence-corrected chi connectivity index (χ2v) is 6.86. The summed E-state index contributed by atoms with van der Waals surface area (Å²) in [4.78, 5) is 0. The molecule has 0 aromatic rings. The molecule has 1 rings (SSSR count). The molecule has 0 saturated heterocycles. The van der Waals surface area contributed by atoms with Gasteiger partial charge in [0.2, 0.25) is 0 Å². The van der Waals surface area contributed by atoms with Gasteiger partial charge in [-0.1, -0.05) is 65.7 Å². The molecule has 1 saturated carbocycles. The number of nitrogens with one attached hydrogen (secondary N) is 1. The van der Waals surface area contributed by atoms with Crippen molar-refractivity contribution in [3.05, 3.63) is 0 Å². The highest BCUT2D eigenvalue weighted by molar-refractivity contribution is 4.82. The molecule has 0 radical (unpaired) electrons. The minimum absolute atomic E-state index is 0.557. The zero-order valence-corrected chi connectivity index (χ0v) is 13.5. The third kappa shape index (κ3) is 6.27. The summed E-state index contributed by atoms with van der Waals surface area (Å²) in [7, 11) is 0. The van der Waals surface area contributed by atoms with E-state index in [0.717, 1.165) is 17.8 Å². The lowest BCUT2D eigenvalue weighted by molar-refractivity contribution is 0.165. The summed E-state index contributed by atoms with van der Waals surface area (Å²) >= 11 is 0. The highest BCUT2D eigenvalue weighted by Gasteiger charge is 2.29. The van der Waals surface area contributed by atoms with Gasteiger partial charge in [-0.2, -0.15) is 0 Å². The average Bonchev–Trinajstić information content (AvgIpc) is 2.41. The van der Waals surface area contributed by atoms with Gasteiger partial charge in [0.1, 0.15) is 0 Å². The van der Waals surface area contributed by atoms with Crippen molar-refractivity contribution in [3.8, 4) is 0 Å². The van der Waals surface area contributed by atoms with Crippen molar-refractivity contribution in [2.45, 2.75) is 91.0 Å². The van der Waals surface area contributed by atoms with Crippen LogP contribution in [0.5, 0.6) is 0 Å². The van der Waals surface area contributed by atoms with E-state index < -0.39 is 0 Å². The SMILES string of the molecule is CCCCCCCCC(NN)C1CCC(C)C(C)C1. The van der Waals surface area contributed by atoms with Crippen LogP contribution in [0, 0.1) is 17.8 Å². The van der Waals surface area contributed by atoms with E-state index in [0.29, 0.717) is 6.04 Å². The number of nitrogens with two attached hydrogens (primary N) is 1. The summed E-state index contributed by atoms with van der Waals surface area (Å²) in [5.41, 5.74) is 3.11. The molecule has 4 unspecified atom stereocenters. The van der Waals surface area contributed by atoms with Crippen molar-refractivity contribution in [1.29, 1.82) is 0 Å². The Labute approximate surface area is 120 Å². The highest BCUT2D eigenvalue weighted by atomic mass is 15.2. The Balaban J connectivity index is 2.18. The third-order valence-corrected chi connectivity index (χ3v) is 5.29. The topological polar surface area (TPSA) is 38.0 Å². The van der Waals surface area contributed by atoms with Crippen LogP contribution in [0.3, 0.4) is 0 Å². The lowest BCUT2D eigenvalue weighted by Gasteiger charge is -2.36. The normalized spacial score (nSPS) is 29.4. The van der Waals surface area contributed by atoms with Crippen molar-refractivity contribution >= 4 is 0 Å². The van der Waals surface area contributed by atoms with E-state index >= 15 is 0 Å². The molecule has 0 aromatic heterocycles. The number of hydrogen-bond acceptors (Lipinski definition) is 2. The predicted octanol–water partition coefficient (Wildman–Crippen LogP) is 4.64. The molecule has 2 nitrogen and oxygen atoms in total. The molecule has 0 bridgehead atoms. The molecule has 1 aliphatic carbocycles. The lowest BCUT2D eigenvalue weighted by Crippen LogP contribution is -2.43. The van der Waals surface area contributed by atoms with E-state index in [1.54, 1.807) is 0 Å². The minimum atomic E-state index is 0.557. The van der Waals surface area contributed by atoms with Crippen molar-refractivity contribution in [2.75, 3.05) is 0 Å². The average molecular weight is 268 g/mol. The molecular formula is C17H36N2. The van der Waals surface area contributed by atoms with Crippen molar-refractivity contribution < 1.29 is 0 Å². The smallest absolute Gasteiger partial charge is 0.0238 e. The van der Waals surface area contributed by atoms with Gasteiger partial charge in [-0.25, -0.2) is 0 Å². The van der Waals surface area contributed by atoms with E-state index in [-0.39, 0.29) is 0 Å². The molecule has 0 aliphatic heterocycles. The summed E-state index contributed by atoms with van der Waals surface area (Å²) in [5.74, 6) is 8.39. The van der Waals surface area contributed by atoms with Crippen LogP contribution in [-0.2, 0) is 0 Å². The highest BCUT2D eigenvalue weighted by Crippen LogP contribution is 2.35. The molecule has 4 atom stereocenters. The zero-order valence-electron chi connectivity index (χ0n) is 13.5. The molecule has 1 fully saturated rings. The predicted molar refractivity (Wildman–Crippen MR) is 84.8 cm³/mol. The van der Waals surface area contributed by atoms with Crippen LogP contribution in [-0.4, -0.2) is 6.04 Å². The number of rotatable bonds is 9. The summed E-state index contributed by atoms with van der Waals surface area (Å²) < 4.78 is 0. The van der Waals surface area contributed by atoms with E-state index in [4.69, 9.17) is 5.84 Å². The molecule has 0 aromatic carbocycles. The Morgan fingerprint density at radius 2 is 1.68 bits per heavy atom. The first kappa shape index (κ1) is 17.0. The van der Waals surface area contributed by atoms with Crippen LogP contribution in [0.25, 0.3) is 0 Å². The standard InChI is InChI=1S/C17H36N2/c1-4-5-6-7-8-9-10-17(19-18)16-12-11-14(2)15(3)13-16/h14-17,19H,4-13,18H2,1-3H3. The van der Waals surface area contributed by atoms with Crippen LogP contribution >= 0.6 is 0 Å². The fraction of sp³-hybridized carbons (Fsp3) is 1.00. The van der Waals surface area contributed by atoms with E-state index in [1.807, 2.05) is 0 Å². The Morgan fingerprint density at radius 1 is 1.00 bits per heavy atom. The third-order valence-electron chi connectivity index (χ3n) is 5.29. The quantitative estimate of drug-likeness (QED) is 0.363. The van der Waals surface area contributed by atoms with E-state index in [2.05, 4.69) is 26.2 Å². The largest absolute Gasteiger partial charge is 0.271 e. The monoisotopic (exact) mass is 268 g/mol. The summed E-state index contributed by atoms with van der Waals surface area (Å²) in [5, 5.41) is 0. The van der Waals surface area contributed by atoms with Gasteiger partial charge >= 0.3 is 0 Å². The molecule has 0 heterocycles. The molecule has 0 spiro atoms. The first-order valence-electron chi connectivity index (χ1n) is 8.65. The molecule has 0 amide bonds. The van der Waals surface area contributed by atoms with Gasteiger partial charge in [-0.15, -0.1) is 0 Å². The summed E-state index contributed by atoms with van der Waals surface area (Å²) in [6.45, 7) is 7.09. The Bertz CT molecular complexity index is 217. The Kier molecular flexibility index (Phi) is 8.72. The maximum atomic E-state index is 5.80. The summed E-state index contributed by atoms with van der Waals surface area (Å²) in [6.07, 6.45) is 13.7. The summed E-state index contributed by atoms with van der Waals surface area (Å²) in [6, 6.07) is 0.557. The molecule has 2 heteroatoms. The van der Waals surface area contributed by atoms with Crippen molar-refractivity contribution in [3.63, 3.8) is 0 Å². The fourth-order valence-corrected chi connectivity index (χ4v) is 3.55. The van der Waals surface area contributed by atoms with Crippen LogP contribution in [0.4, 0.5) is 0 Å². The fourth-order valence-electron chi connectivity index (χ4n) is 3.55. The lowest BCUT2D eigenvalue weighted by atomic mass is 9.72. The number of unbranched alkanes of at least 4 members (excludes halogenated alkanes) is 5. The maximum Gasteiger partial charge on any atom is 0.0238 e. The Hall–Kier alpha value is -0.0800. The number of hydrogen-bond donors (Lipinski definition) is 2. The van der Waals surface area contributed by atoms with Crippen LogP contribution in [0.1, 0.15) is 85.0 Å². The number of hydrazine groups is 1. The van der Waals surface area contributed by atoms with Crippen molar-refractivity contribution in [2.24, 2.45) is 23.6 Å². The molecule has 1 aliphatic rings. The van der Waals surface area contributed by atoms with Gasteiger partial charge < -0.3 is 0 Å². The van der Waals surface area contributed by atoms with Crippen LogP contribution in [0.15, 0.2) is 0 Å². The van der Waals surface area contributed by atoms with Gasteiger partial charge in [0.15, 0.2) is 0 Å². The second-order valence-electron chi connectivity index (χ2n) is 6.86. The van der Waals surface area contributed by atoms with Gasteiger partial charge in [0, 0.05) is 6.04 Å². The molecular weight excluding hydrogens is 232 g/mol.